The molecule has 1 fully saturated rings. The first-order valence-electron chi connectivity index (χ1n) is 7.17. The number of H-pyrrole nitrogens is 1. The Hall–Kier alpha value is -1.66. The molecule has 0 radical (unpaired) electrons. The van der Waals surface area contributed by atoms with Gasteiger partial charge in [0.15, 0.2) is 0 Å². The lowest BCUT2D eigenvalue weighted by Crippen LogP contribution is -2.40. The van der Waals surface area contributed by atoms with E-state index in [9.17, 15) is 4.79 Å². The van der Waals surface area contributed by atoms with Gasteiger partial charge >= 0.3 is 0 Å². The molecule has 0 bridgehead atoms. The summed E-state index contributed by atoms with van der Waals surface area (Å²) < 4.78 is 5.60. The number of aryl methyl sites for hydroxylation is 1. The second-order valence-corrected chi connectivity index (χ2v) is 6.43. The largest absolute Gasteiger partial charge is 0.376 e. The fourth-order valence-electron chi connectivity index (χ4n) is 2.54. The predicted molar refractivity (Wildman–Crippen MR) is 82.5 cm³/mol. The van der Waals surface area contributed by atoms with Crippen LogP contribution in [0.4, 0.5) is 0 Å². The van der Waals surface area contributed by atoms with Crippen molar-refractivity contribution in [3.05, 3.63) is 28.3 Å². The Morgan fingerprint density at radius 3 is 3.14 bits per heavy atom. The minimum Gasteiger partial charge on any atom is -0.376 e. The number of nitrogens with zero attached hydrogens (tertiary/aromatic N) is 1. The molecule has 1 amide bonds. The first-order chi connectivity index (χ1) is 10.1. The molecule has 2 aromatic rings. The van der Waals surface area contributed by atoms with E-state index in [1.54, 1.807) is 11.3 Å². The molecule has 5 nitrogen and oxygen atoms in total. The second kappa shape index (κ2) is 5.99. The normalized spacial score (nSPS) is 19.6. The van der Waals surface area contributed by atoms with Crippen molar-refractivity contribution < 1.29 is 9.53 Å². The maximum absolute atomic E-state index is 12.2. The average Bonchev–Trinajstić information content (AvgIpc) is 3.19. The number of ether oxygens (including phenoxy) is 1. The standard InChI is InChI=1S/C15H19N3O2S/c1-9(14-4-3-5-20-14)17-15(19)12-6-11(7-16-12)13-8-21-10(2)18-13/h6-9,14,16H,3-5H2,1-2H3,(H,17,19)/t9-,14+/m0/s1. The van der Waals surface area contributed by atoms with Crippen molar-refractivity contribution in [2.45, 2.75) is 38.8 Å². The SMILES string of the molecule is Cc1nc(-c2c[nH]c(C(=O)N[C@@H](C)[C@H]3CCCO3)c2)cs1. The third kappa shape index (κ3) is 3.16. The highest BCUT2D eigenvalue weighted by Gasteiger charge is 2.24. The van der Waals surface area contributed by atoms with Gasteiger partial charge in [-0.15, -0.1) is 11.3 Å². The molecule has 1 aliphatic rings. The maximum atomic E-state index is 12.2. The monoisotopic (exact) mass is 305 g/mol. The molecule has 6 heteroatoms. The van der Waals surface area contributed by atoms with Gasteiger partial charge in [0.1, 0.15) is 5.69 Å². The van der Waals surface area contributed by atoms with E-state index in [4.69, 9.17) is 4.74 Å². The van der Waals surface area contributed by atoms with Crippen LogP contribution in [0, 0.1) is 6.92 Å². The summed E-state index contributed by atoms with van der Waals surface area (Å²) >= 11 is 1.60. The Morgan fingerprint density at radius 1 is 1.62 bits per heavy atom. The van der Waals surface area contributed by atoms with Crippen molar-refractivity contribution in [1.82, 2.24) is 15.3 Å². The van der Waals surface area contributed by atoms with E-state index in [0.29, 0.717) is 5.69 Å². The molecule has 0 spiro atoms. The average molecular weight is 305 g/mol. The Labute approximate surface area is 127 Å². The molecular weight excluding hydrogens is 286 g/mol. The summed E-state index contributed by atoms with van der Waals surface area (Å²) in [4.78, 5) is 19.7. The smallest absolute Gasteiger partial charge is 0.268 e. The fourth-order valence-corrected chi connectivity index (χ4v) is 3.17. The van der Waals surface area contributed by atoms with Crippen LogP contribution in [0.25, 0.3) is 11.3 Å². The van der Waals surface area contributed by atoms with Gasteiger partial charge in [-0.05, 0) is 32.8 Å². The zero-order chi connectivity index (χ0) is 14.8. The van der Waals surface area contributed by atoms with E-state index in [1.165, 1.54) is 0 Å². The van der Waals surface area contributed by atoms with E-state index in [0.717, 1.165) is 35.7 Å². The number of carbonyl (C=O) groups is 1. The molecule has 3 heterocycles. The lowest BCUT2D eigenvalue weighted by atomic mass is 10.1. The topological polar surface area (TPSA) is 67.0 Å². The molecule has 0 aromatic carbocycles. The zero-order valence-electron chi connectivity index (χ0n) is 12.2. The number of aromatic nitrogens is 2. The molecule has 2 atom stereocenters. The number of nitrogens with one attached hydrogen (secondary N) is 2. The lowest BCUT2D eigenvalue weighted by Gasteiger charge is -2.19. The van der Waals surface area contributed by atoms with Crippen molar-refractivity contribution in [2.24, 2.45) is 0 Å². The highest BCUT2D eigenvalue weighted by molar-refractivity contribution is 7.09. The van der Waals surface area contributed by atoms with Crippen LogP contribution in [0.5, 0.6) is 0 Å². The zero-order valence-corrected chi connectivity index (χ0v) is 13.0. The molecule has 112 valence electrons. The van der Waals surface area contributed by atoms with Crippen LogP contribution in [0.2, 0.25) is 0 Å². The van der Waals surface area contributed by atoms with Crippen molar-refractivity contribution >= 4 is 17.2 Å². The summed E-state index contributed by atoms with van der Waals surface area (Å²) in [5, 5.41) is 6.01. The molecule has 1 saturated heterocycles. The second-order valence-electron chi connectivity index (χ2n) is 5.37. The van der Waals surface area contributed by atoms with Crippen LogP contribution in [0.15, 0.2) is 17.6 Å². The number of amides is 1. The Bertz CT molecular complexity index is 628. The first kappa shape index (κ1) is 14.3. The Morgan fingerprint density at radius 2 is 2.48 bits per heavy atom. The minimum atomic E-state index is -0.101. The third-order valence-corrected chi connectivity index (χ3v) is 4.50. The van der Waals surface area contributed by atoms with Crippen molar-refractivity contribution in [2.75, 3.05) is 6.61 Å². The van der Waals surface area contributed by atoms with E-state index in [2.05, 4.69) is 15.3 Å². The van der Waals surface area contributed by atoms with Gasteiger partial charge in [0.2, 0.25) is 0 Å². The van der Waals surface area contributed by atoms with Crippen LogP contribution >= 0.6 is 11.3 Å². The van der Waals surface area contributed by atoms with Gasteiger partial charge in [0.25, 0.3) is 5.91 Å². The number of rotatable bonds is 4. The molecule has 0 aliphatic carbocycles. The molecule has 1 aliphatic heterocycles. The maximum Gasteiger partial charge on any atom is 0.268 e. The lowest BCUT2D eigenvalue weighted by molar-refractivity contribution is 0.0710. The molecule has 2 aromatic heterocycles. The van der Waals surface area contributed by atoms with Crippen LogP contribution in [-0.2, 0) is 4.74 Å². The van der Waals surface area contributed by atoms with Gasteiger partial charge in [-0.2, -0.15) is 0 Å². The van der Waals surface area contributed by atoms with E-state index < -0.39 is 0 Å². The van der Waals surface area contributed by atoms with Crippen molar-refractivity contribution in [1.29, 1.82) is 0 Å². The van der Waals surface area contributed by atoms with E-state index in [1.807, 2.05) is 31.5 Å². The van der Waals surface area contributed by atoms with Crippen molar-refractivity contribution in [3.8, 4) is 11.3 Å². The quantitative estimate of drug-likeness (QED) is 0.912. The van der Waals surface area contributed by atoms with Gasteiger partial charge in [-0.3, -0.25) is 4.79 Å². The Balaban J connectivity index is 1.66. The number of thiazole rings is 1. The molecule has 2 N–H and O–H groups in total. The fraction of sp³-hybridized carbons (Fsp3) is 0.467. The summed E-state index contributed by atoms with van der Waals surface area (Å²) in [6.07, 6.45) is 4.03. The van der Waals surface area contributed by atoms with Crippen LogP contribution < -0.4 is 5.32 Å². The minimum absolute atomic E-state index is 0.0215. The van der Waals surface area contributed by atoms with Crippen LogP contribution in [0.3, 0.4) is 0 Å². The molecule has 21 heavy (non-hydrogen) atoms. The number of hydrogen-bond acceptors (Lipinski definition) is 4. The van der Waals surface area contributed by atoms with Gasteiger partial charge in [-0.1, -0.05) is 0 Å². The van der Waals surface area contributed by atoms with Crippen LogP contribution in [0.1, 0.15) is 35.3 Å². The Kier molecular flexibility index (Phi) is 4.07. The van der Waals surface area contributed by atoms with Crippen LogP contribution in [-0.4, -0.2) is 34.6 Å². The molecule has 3 rings (SSSR count). The predicted octanol–water partition coefficient (Wildman–Crippen LogP) is 2.74. The van der Waals surface area contributed by atoms with Crippen molar-refractivity contribution in [3.63, 3.8) is 0 Å². The van der Waals surface area contributed by atoms with Gasteiger partial charge in [0, 0.05) is 23.7 Å². The first-order valence-corrected chi connectivity index (χ1v) is 8.05. The van der Waals surface area contributed by atoms with Gasteiger partial charge in [0.05, 0.1) is 22.8 Å². The van der Waals surface area contributed by atoms with E-state index in [-0.39, 0.29) is 18.1 Å². The highest BCUT2D eigenvalue weighted by Crippen LogP contribution is 2.22. The highest BCUT2D eigenvalue weighted by atomic mass is 32.1. The number of aromatic amines is 1. The summed E-state index contributed by atoms with van der Waals surface area (Å²) in [5.41, 5.74) is 2.40. The molecular formula is C15H19N3O2S. The summed E-state index contributed by atoms with van der Waals surface area (Å²) in [6, 6.07) is 1.86. The van der Waals surface area contributed by atoms with Gasteiger partial charge in [-0.25, -0.2) is 4.98 Å². The molecule has 0 saturated carbocycles. The summed E-state index contributed by atoms with van der Waals surface area (Å²) in [5.74, 6) is -0.101. The van der Waals surface area contributed by atoms with Gasteiger partial charge < -0.3 is 15.0 Å². The molecule has 0 unspecified atom stereocenters. The third-order valence-electron chi connectivity index (χ3n) is 3.72. The van der Waals surface area contributed by atoms with E-state index >= 15 is 0 Å². The summed E-state index contributed by atoms with van der Waals surface area (Å²) in [7, 11) is 0. The number of hydrogen-bond donors (Lipinski definition) is 2. The summed E-state index contributed by atoms with van der Waals surface area (Å²) in [6.45, 7) is 4.75. The number of carbonyl (C=O) groups excluding carboxylic acids is 1.